The van der Waals surface area contributed by atoms with E-state index in [1.165, 1.54) is 205 Å². The Balaban J connectivity index is 3.83. The van der Waals surface area contributed by atoms with Gasteiger partial charge in [-0.3, -0.25) is 0 Å². The molecule has 0 aromatic heterocycles. The Morgan fingerprint density at radius 2 is 0.610 bits per heavy atom. The summed E-state index contributed by atoms with van der Waals surface area (Å²) in [7, 11) is 1.75. The summed E-state index contributed by atoms with van der Waals surface area (Å²) in [5, 5.41) is 0. The van der Waals surface area contributed by atoms with Crippen LogP contribution >= 0.6 is 0 Å². The minimum atomic E-state index is 0.723. The highest BCUT2D eigenvalue weighted by atomic mass is 16.5. The van der Waals surface area contributed by atoms with Crippen LogP contribution in [-0.2, 0) is 9.47 Å². The van der Waals surface area contributed by atoms with Crippen LogP contribution in [-0.4, -0.2) is 26.9 Å². The Kier molecular flexibility index (Phi) is 37.9. The van der Waals surface area contributed by atoms with Crippen molar-refractivity contribution in [3.8, 4) is 0 Å². The fourth-order valence-electron chi connectivity index (χ4n) is 6.39. The third-order valence-corrected chi connectivity index (χ3v) is 9.26. The van der Waals surface area contributed by atoms with Gasteiger partial charge in [0.1, 0.15) is 0 Å². The topological polar surface area (TPSA) is 18.5 Å². The van der Waals surface area contributed by atoms with Gasteiger partial charge in [0.2, 0.25) is 0 Å². The molecule has 0 unspecified atom stereocenters. The monoisotopic (exact) mass is 581 g/mol. The predicted octanol–water partition coefficient (Wildman–Crippen LogP) is 13.8. The molecule has 41 heavy (non-hydrogen) atoms. The lowest BCUT2D eigenvalue weighted by Gasteiger charge is -2.17. The first-order chi connectivity index (χ1) is 20.3. The SMILES string of the molecule is CCCCCCCCCCCCCCCC(CCCCCCCCCCCCCCC)CCCCCOCCOC. The van der Waals surface area contributed by atoms with E-state index < -0.39 is 0 Å². The maximum Gasteiger partial charge on any atom is 0.0700 e. The molecule has 0 spiro atoms. The van der Waals surface area contributed by atoms with Gasteiger partial charge in [-0.25, -0.2) is 0 Å². The Morgan fingerprint density at radius 3 is 0.927 bits per heavy atom. The van der Waals surface area contributed by atoms with E-state index in [4.69, 9.17) is 9.47 Å². The van der Waals surface area contributed by atoms with Crippen LogP contribution in [0.2, 0.25) is 0 Å². The van der Waals surface area contributed by atoms with Crippen LogP contribution in [0.3, 0.4) is 0 Å². The van der Waals surface area contributed by atoms with Crippen molar-refractivity contribution in [1.82, 2.24) is 0 Å². The second-order valence-electron chi connectivity index (χ2n) is 13.4. The van der Waals surface area contributed by atoms with Crippen LogP contribution < -0.4 is 0 Å². The maximum atomic E-state index is 5.66. The summed E-state index contributed by atoms with van der Waals surface area (Å²) in [6.07, 6.45) is 46.4. The molecule has 2 nitrogen and oxygen atoms in total. The van der Waals surface area contributed by atoms with E-state index in [2.05, 4.69) is 13.8 Å². The highest BCUT2D eigenvalue weighted by Gasteiger charge is 2.09. The number of unbranched alkanes of at least 4 members (excludes halogenated alkanes) is 26. The Hall–Kier alpha value is -0.0800. The smallest absolute Gasteiger partial charge is 0.0700 e. The molecule has 0 heterocycles. The molecular formula is C39H80O2. The van der Waals surface area contributed by atoms with Gasteiger partial charge >= 0.3 is 0 Å². The molecule has 0 aliphatic carbocycles. The number of hydrogen-bond acceptors (Lipinski definition) is 2. The van der Waals surface area contributed by atoms with Crippen molar-refractivity contribution >= 4 is 0 Å². The number of hydrogen-bond donors (Lipinski definition) is 0. The van der Waals surface area contributed by atoms with Crippen molar-refractivity contribution in [2.24, 2.45) is 5.92 Å². The highest BCUT2D eigenvalue weighted by molar-refractivity contribution is 4.62. The fraction of sp³-hybridized carbons (Fsp3) is 1.00. The summed E-state index contributed by atoms with van der Waals surface area (Å²) >= 11 is 0. The van der Waals surface area contributed by atoms with Crippen molar-refractivity contribution in [3.05, 3.63) is 0 Å². The van der Waals surface area contributed by atoms with E-state index in [9.17, 15) is 0 Å². The van der Waals surface area contributed by atoms with Crippen molar-refractivity contribution in [2.75, 3.05) is 26.9 Å². The third kappa shape index (κ3) is 36.0. The second-order valence-corrected chi connectivity index (χ2v) is 13.4. The Morgan fingerprint density at radius 1 is 0.317 bits per heavy atom. The van der Waals surface area contributed by atoms with Gasteiger partial charge in [0.05, 0.1) is 13.2 Å². The van der Waals surface area contributed by atoms with Crippen molar-refractivity contribution in [3.63, 3.8) is 0 Å². The molecule has 0 radical (unpaired) electrons. The Labute approximate surface area is 261 Å². The normalized spacial score (nSPS) is 11.7. The molecule has 0 aromatic rings. The van der Waals surface area contributed by atoms with Gasteiger partial charge in [-0.1, -0.05) is 213 Å². The molecule has 2 heteroatoms. The molecular weight excluding hydrogens is 500 g/mol. The molecule has 0 N–H and O–H groups in total. The summed E-state index contributed by atoms with van der Waals surface area (Å²) in [6, 6.07) is 0. The molecule has 0 bridgehead atoms. The molecule has 0 fully saturated rings. The van der Waals surface area contributed by atoms with Crippen molar-refractivity contribution in [1.29, 1.82) is 0 Å². The summed E-state index contributed by atoms with van der Waals surface area (Å²) in [5.74, 6) is 0.977. The van der Waals surface area contributed by atoms with Gasteiger partial charge in [0, 0.05) is 13.7 Å². The lowest BCUT2D eigenvalue weighted by molar-refractivity contribution is 0.0684. The zero-order chi connectivity index (χ0) is 29.7. The first-order valence-corrected chi connectivity index (χ1v) is 19.4. The van der Waals surface area contributed by atoms with Gasteiger partial charge in [-0.05, 0) is 12.3 Å². The van der Waals surface area contributed by atoms with Gasteiger partial charge in [-0.2, -0.15) is 0 Å². The van der Waals surface area contributed by atoms with Crippen molar-refractivity contribution in [2.45, 2.75) is 219 Å². The maximum absolute atomic E-state index is 5.66. The van der Waals surface area contributed by atoms with Crippen LogP contribution in [0, 0.1) is 5.92 Å². The second kappa shape index (κ2) is 37.9. The summed E-state index contributed by atoms with van der Waals surface area (Å²) in [4.78, 5) is 0. The molecule has 0 rings (SSSR count). The number of rotatable bonds is 37. The molecule has 248 valence electrons. The predicted molar refractivity (Wildman–Crippen MR) is 185 cm³/mol. The van der Waals surface area contributed by atoms with Gasteiger partial charge in [0.25, 0.3) is 0 Å². The average molecular weight is 581 g/mol. The quantitative estimate of drug-likeness (QED) is 0.0680. The van der Waals surface area contributed by atoms with Crippen LogP contribution in [0.4, 0.5) is 0 Å². The van der Waals surface area contributed by atoms with Crippen LogP contribution in [0.25, 0.3) is 0 Å². The lowest BCUT2D eigenvalue weighted by atomic mass is 9.89. The fourth-order valence-corrected chi connectivity index (χ4v) is 6.39. The number of methoxy groups -OCH3 is 1. The molecule has 0 saturated carbocycles. The van der Waals surface area contributed by atoms with Crippen LogP contribution in [0.15, 0.2) is 0 Å². The van der Waals surface area contributed by atoms with E-state index in [1.54, 1.807) is 7.11 Å². The molecule has 0 aliphatic heterocycles. The first-order valence-electron chi connectivity index (χ1n) is 19.4. The summed E-state index contributed by atoms with van der Waals surface area (Å²) in [5.41, 5.74) is 0. The zero-order valence-electron chi connectivity index (χ0n) is 29.1. The molecule has 0 aromatic carbocycles. The summed E-state index contributed by atoms with van der Waals surface area (Å²) in [6.45, 7) is 7.00. The molecule has 0 saturated heterocycles. The molecule has 0 aliphatic rings. The first kappa shape index (κ1) is 40.9. The van der Waals surface area contributed by atoms with E-state index in [-0.39, 0.29) is 0 Å². The largest absolute Gasteiger partial charge is 0.382 e. The molecule has 0 amide bonds. The zero-order valence-corrected chi connectivity index (χ0v) is 29.1. The minimum absolute atomic E-state index is 0.723. The van der Waals surface area contributed by atoms with E-state index in [0.29, 0.717) is 0 Å². The minimum Gasteiger partial charge on any atom is -0.382 e. The van der Waals surface area contributed by atoms with E-state index >= 15 is 0 Å². The average Bonchev–Trinajstić information content (AvgIpc) is 2.98. The van der Waals surface area contributed by atoms with E-state index in [0.717, 1.165) is 25.7 Å². The third-order valence-electron chi connectivity index (χ3n) is 9.26. The Bertz CT molecular complexity index is 407. The lowest BCUT2D eigenvalue weighted by Crippen LogP contribution is -2.04. The van der Waals surface area contributed by atoms with Gasteiger partial charge in [-0.15, -0.1) is 0 Å². The molecule has 0 atom stereocenters. The highest BCUT2D eigenvalue weighted by Crippen LogP contribution is 2.25. The van der Waals surface area contributed by atoms with Crippen LogP contribution in [0.5, 0.6) is 0 Å². The number of ether oxygens (including phenoxy) is 2. The standard InChI is InChI=1S/C39H80O2/c1-4-6-8-10-12-14-16-18-20-22-24-26-29-33-39(35-31-28-32-36-41-38-37-40-3)34-30-27-25-23-21-19-17-15-13-11-9-7-5-2/h39H,4-38H2,1-3H3. The van der Waals surface area contributed by atoms with Crippen molar-refractivity contribution < 1.29 is 9.47 Å². The summed E-state index contributed by atoms with van der Waals surface area (Å²) < 4.78 is 10.7. The van der Waals surface area contributed by atoms with Gasteiger partial charge < -0.3 is 9.47 Å². The van der Waals surface area contributed by atoms with Crippen LogP contribution in [0.1, 0.15) is 219 Å². The van der Waals surface area contributed by atoms with E-state index in [1.807, 2.05) is 0 Å². The van der Waals surface area contributed by atoms with Gasteiger partial charge in [0.15, 0.2) is 0 Å².